The van der Waals surface area contributed by atoms with Gasteiger partial charge in [0.2, 0.25) is 5.91 Å². The molecule has 16 heavy (non-hydrogen) atoms. The Bertz CT molecular complexity index is 255. The molecule has 2 fully saturated rings. The van der Waals surface area contributed by atoms with Crippen LogP contribution in [0, 0.1) is 5.92 Å². The smallest absolute Gasteiger partial charge is 0.242 e. The van der Waals surface area contributed by atoms with Gasteiger partial charge in [-0.1, -0.05) is 0 Å². The molecule has 0 spiro atoms. The van der Waals surface area contributed by atoms with E-state index >= 15 is 0 Å². The summed E-state index contributed by atoms with van der Waals surface area (Å²) < 4.78 is 0. The zero-order chi connectivity index (χ0) is 11.6. The lowest BCUT2D eigenvalue weighted by atomic mass is 9.89. The highest BCUT2D eigenvalue weighted by atomic mass is 16.2. The normalized spacial score (nSPS) is 30.1. The number of carbonyl (C=O) groups is 1. The van der Waals surface area contributed by atoms with Crippen LogP contribution in [0.15, 0.2) is 0 Å². The number of hydrogen-bond acceptors (Lipinski definition) is 2. The van der Waals surface area contributed by atoms with Crippen molar-refractivity contribution in [2.24, 2.45) is 5.92 Å². The first-order chi connectivity index (χ1) is 7.65. The Labute approximate surface area is 98.6 Å². The highest BCUT2D eigenvalue weighted by Gasteiger charge is 2.38. The van der Waals surface area contributed by atoms with E-state index in [1.807, 2.05) is 0 Å². The molecule has 0 aromatic carbocycles. The van der Waals surface area contributed by atoms with E-state index < -0.39 is 0 Å². The molecule has 1 atom stereocenters. The molecule has 1 heterocycles. The van der Waals surface area contributed by atoms with Gasteiger partial charge in [0.1, 0.15) is 0 Å². The number of nitrogens with one attached hydrogen (secondary N) is 1. The van der Waals surface area contributed by atoms with Crippen LogP contribution < -0.4 is 5.32 Å². The van der Waals surface area contributed by atoms with Gasteiger partial charge in [0.05, 0.1) is 5.54 Å². The van der Waals surface area contributed by atoms with Crippen molar-refractivity contribution >= 4 is 5.91 Å². The maximum absolute atomic E-state index is 12.5. The number of rotatable bonds is 4. The van der Waals surface area contributed by atoms with Crippen molar-refractivity contribution in [1.82, 2.24) is 10.2 Å². The molecule has 92 valence electrons. The van der Waals surface area contributed by atoms with Crippen LogP contribution in [0.1, 0.15) is 46.0 Å². The Morgan fingerprint density at radius 3 is 2.69 bits per heavy atom. The molecule has 3 heteroatoms. The van der Waals surface area contributed by atoms with Gasteiger partial charge in [-0.15, -0.1) is 0 Å². The number of piperidine rings is 1. The van der Waals surface area contributed by atoms with E-state index in [1.165, 1.54) is 25.7 Å². The fraction of sp³-hybridized carbons (Fsp3) is 0.923. The van der Waals surface area contributed by atoms with Crippen molar-refractivity contribution in [3.05, 3.63) is 0 Å². The fourth-order valence-electron chi connectivity index (χ4n) is 2.56. The van der Waals surface area contributed by atoms with Gasteiger partial charge in [0.25, 0.3) is 0 Å². The lowest BCUT2D eigenvalue weighted by Crippen LogP contribution is -2.58. The summed E-state index contributed by atoms with van der Waals surface area (Å²) in [5, 5.41) is 3.41. The van der Waals surface area contributed by atoms with Gasteiger partial charge in [0.15, 0.2) is 0 Å². The van der Waals surface area contributed by atoms with Crippen molar-refractivity contribution in [2.75, 3.05) is 19.6 Å². The standard InChI is InChI=1S/C13H24N2O/c1-3-15(10-11-6-7-11)12(16)13(2)8-4-5-9-14-13/h11,14H,3-10H2,1-2H3. The Morgan fingerprint density at radius 2 is 2.19 bits per heavy atom. The second-order valence-corrected chi connectivity index (χ2v) is 5.50. The molecule has 2 aliphatic rings. The van der Waals surface area contributed by atoms with E-state index in [9.17, 15) is 4.79 Å². The summed E-state index contributed by atoms with van der Waals surface area (Å²) in [5.41, 5.74) is -0.289. The van der Waals surface area contributed by atoms with E-state index in [0.717, 1.165) is 32.0 Å². The molecule has 3 nitrogen and oxygen atoms in total. The number of nitrogens with zero attached hydrogens (tertiary/aromatic N) is 1. The molecule has 0 aromatic heterocycles. The van der Waals surface area contributed by atoms with Crippen molar-refractivity contribution in [3.8, 4) is 0 Å². The summed E-state index contributed by atoms with van der Waals surface area (Å²) in [7, 11) is 0. The van der Waals surface area contributed by atoms with Crippen LogP contribution in [0.4, 0.5) is 0 Å². The minimum atomic E-state index is -0.289. The van der Waals surface area contributed by atoms with Gasteiger partial charge < -0.3 is 10.2 Å². The average molecular weight is 224 g/mol. The summed E-state index contributed by atoms with van der Waals surface area (Å²) in [6, 6.07) is 0. The van der Waals surface area contributed by atoms with Crippen LogP contribution in [0.25, 0.3) is 0 Å². The SMILES string of the molecule is CCN(CC1CC1)C(=O)C1(C)CCCCN1. The minimum Gasteiger partial charge on any atom is -0.341 e. The number of carbonyl (C=O) groups excluding carboxylic acids is 1. The Kier molecular flexibility index (Phi) is 3.53. The zero-order valence-electron chi connectivity index (χ0n) is 10.6. The lowest BCUT2D eigenvalue weighted by molar-refractivity contribution is -0.138. The first-order valence-corrected chi connectivity index (χ1v) is 6.70. The lowest BCUT2D eigenvalue weighted by Gasteiger charge is -2.37. The predicted molar refractivity (Wildman–Crippen MR) is 65.2 cm³/mol. The molecule has 0 radical (unpaired) electrons. The first kappa shape index (κ1) is 11.9. The van der Waals surface area contributed by atoms with E-state index in [1.54, 1.807) is 0 Å². The van der Waals surface area contributed by atoms with Crippen LogP contribution in [-0.4, -0.2) is 36.0 Å². The second kappa shape index (κ2) is 4.74. The largest absolute Gasteiger partial charge is 0.341 e. The van der Waals surface area contributed by atoms with Gasteiger partial charge in [-0.2, -0.15) is 0 Å². The van der Waals surface area contributed by atoms with Crippen LogP contribution >= 0.6 is 0 Å². The first-order valence-electron chi connectivity index (χ1n) is 6.70. The predicted octanol–water partition coefficient (Wildman–Crippen LogP) is 1.78. The fourth-order valence-corrected chi connectivity index (χ4v) is 2.56. The number of amides is 1. The van der Waals surface area contributed by atoms with Crippen LogP contribution in [0.3, 0.4) is 0 Å². The molecular formula is C13H24N2O. The molecule has 2 rings (SSSR count). The summed E-state index contributed by atoms with van der Waals surface area (Å²) in [4.78, 5) is 14.5. The van der Waals surface area contributed by atoms with Crippen molar-refractivity contribution < 1.29 is 4.79 Å². The molecule has 1 aliphatic heterocycles. The van der Waals surface area contributed by atoms with E-state index in [2.05, 4.69) is 24.1 Å². The Morgan fingerprint density at radius 1 is 1.44 bits per heavy atom. The number of hydrogen-bond donors (Lipinski definition) is 1. The molecule has 0 bridgehead atoms. The minimum absolute atomic E-state index is 0.289. The summed E-state index contributed by atoms with van der Waals surface area (Å²) in [6.07, 6.45) is 6.00. The topological polar surface area (TPSA) is 32.3 Å². The summed E-state index contributed by atoms with van der Waals surface area (Å²) >= 11 is 0. The number of likely N-dealkylation sites (N-methyl/N-ethyl adjacent to an activating group) is 1. The third kappa shape index (κ3) is 2.57. The van der Waals surface area contributed by atoms with Gasteiger partial charge in [-0.25, -0.2) is 0 Å². The van der Waals surface area contributed by atoms with E-state index in [0.29, 0.717) is 5.91 Å². The average Bonchev–Trinajstić information content (AvgIpc) is 3.10. The van der Waals surface area contributed by atoms with Crippen LogP contribution in [0.2, 0.25) is 0 Å². The maximum Gasteiger partial charge on any atom is 0.242 e. The monoisotopic (exact) mass is 224 g/mol. The van der Waals surface area contributed by atoms with Crippen LogP contribution in [-0.2, 0) is 4.79 Å². The van der Waals surface area contributed by atoms with Gasteiger partial charge in [0, 0.05) is 13.1 Å². The molecular weight excluding hydrogens is 200 g/mol. The van der Waals surface area contributed by atoms with Gasteiger partial charge in [-0.05, 0) is 58.4 Å². The molecule has 1 aliphatic carbocycles. The second-order valence-electron chi connectivity index (χ2n) is 5.50. The quantitative estimate of drug-likeness (QED) is 0.789. The molecule has 1 unspecified atom stereocenters. The zero-order valence-corrected chi connectivity index (χ0v) is 10.6. The highest BCUT2D eigenvalue weighted by Crippen LogP contribution is 2.31. The third-order valence-electron chi connectivity index (χ3n) is 3.94. The van der Waals surface area contributed by atoms with Gasteiger partial charge >= 0.3 is 0 Å². The highest BCUT2D eigenvalue weighted by molar-refractivity contribution is 5.86. The Balaban J connectivity index is 1.96. The molecule has 1 amide bonds. The van der Waals surface area contributed by atoms with E-state index in [4.69, 9.17) is 0 Å². The summed E-state index contributed by atoms with van der Waals surface area (Å²) in [5.74, 6) is 1.11. The van der Waals surface area contributed by atoms with Gasteiger partial charge in [-0.3, -0.25) is 4.79 Å². The summed E-state index contributed by atoms with van der Waals surface area (Å²) in [6.45, 7) is 6.99. The maximum atomic E-state index is 12.5. The molecule has 1 saturated heterocycles. The molecule has 1 N–H and O–H groups in total. The van der Waals surface area contributed by atoms with Crippen molar-refractivity contribution in [1.29, 1.82) is 0 Å². The molecule has 1 saturated carbocycles. The van der Waals surface area contributed by atoms with Crippen LogP contribution in [0.5, 0.6) is 0 Å². The van der Waals surface area contributed by atoms with E-state index in [-0.39, 0.29) is 5.54 Å². The third-order valence-corrected chi connectivity index (χ3v) is 3.94. The van der Waals surface area contributed by atoms with Crippen molar-refractivity contribution in [3.63, 3.8) is 0 Å². The molecule has 0 aromatic rings. The Hall–Kier alpha value is -0.570. The van der Waals surface area contributed by atoms with Crippen molar-refractivity contribution in [2.45, 2.75) is 51.5 Å².